The number of aryl methyl sites for hydroxylation is 1. The van der Waals surface area contributed by atoms with Crippen molar-refractivity contribution in [1.82, 2.24) is 4.98 Å². The van der Waals surface area contributed by atoms with E-state index in [2.05, 4.69) is 4.98 Å². The van der Waals surface area contributed by atoms with Crippen molar-refractivity contribution in [3.63, 3.8) is 0 Å². The summed E-state index contributed by atoms with van der Waals surface area (Å²) in [5, 5.41) is 0.774. The van der Waals surface area contributed by atoms with Crippen LogP contribution in [0.4, 0.5) is 0 Å². The highest BCUT2D eigenvalue weighted by molar-refractivity contribution is 5.97. The van der Waals surface area contributed by atoms with Gasteiger partial charge in [-0.2, -0.15) is 0 Å². The molecule has 0 aliphatic rings. The maximum atomic E-state index is 11.9. The zero-order chi connectivity index (χ0) is 18.0. The molecule has 5 nitrogen and oxygen atoms in total. The van der Waals surface area contributed by atoms with Crippen molar-refractivity contribution >= 4 is 16.7 Å². The summed E-state index contributed by atoms with van der Waals surface area (Å²) < 4.78 is 16.8. The van der Waals surface area contributed by atoms with Crippen LogP contribution in [0, 0.1) is 6.92 Å². The Morgan fingerprint density at radius 1 is 0.920 bits per heavy atom. The molecule has 2 aromatic carbocycles. The number of carbonyl (C=O) groups is 1. The van der Waals surface area contributed by atoms with Gasteiger partial charge in [0, 0.05) is 17.6 Å². The highest BCUT2D eigenvalue weighted by Gasteiger charge is 2.14. The van der Waals surface area contributed by atoms with E-state index in [0.717, 1.165) is 10.9 Å². The molecule has 5 heteroatoms. The predicted octanol–water partition coefficient (Wildman–Crippen LogP) is 4.56. The van der Waals surface area contributed by atoms with Crippen LogP contribution < -0.4 is 14.2 Å². The fraction of sp³-hybridized carbons (Fsp3) is 0.200. The van der Waals surface area contributed by atoms with E-state index in [1.54, 1.807) is 38.6 Å². The van der Waals surface area contributed by atoms with E-state index < -0.39 is 0 Å². The topological polar surface area (TPSA) is 57.7 Å². The van der Waals surface area contributed by atoms with Gasteiger partial charge < -0.3 is 14.2 Å². The summed E-state index contributed by atoms with van der Waals surface area (Å²) in [6.07, 6.45) is 1.66. The van der Waals surface area contributed by atoms with Crippen molar-refractivity contribution in [1.29, 1.82) is 0 Å². The Morgan fingerprint density at radius 2 is 1.64 bits per heavy atom. The number of Topliss-reactive ketones (excluding diaryl/α,β-unsaturated/α-hetero) is 1. The van der Waals surface area contributed by atoms with Crippen LogP contribution in [0.25, 0.3) is 10.9 Å². The molecule has 1 aromatic heterocycles. The van der Waals surface area contributed by atoms with Gasteiger partial charge in [0.05, 0.1) is 25.3 Å². The first-order valence-corrected chi connectivity index (χ1v) is 7.83. The van der Waals surface area contributed by atoms with Crippen LogP contribution in [0.15, 0.2) is 42.6 Å². The number of benzene rings is 2. The number of hydrogen-bond acceptors (Lipinski definition) is 5. The molecule has 0 aliphatic carbocycles. The molecule has 0 spiro atoms. The first kappa shape index (κ1) is 16.8. The van der Waals surface area contributed by atoms with E-state index in [4.69, 9.17) is 14.2 Å². The number of hydrogen-bond donors (Lipinski definition) is 0. The second-order valence-electron chi connectivity index (χ2n) is 5.69. The molecule has 0 unspecified atom stereocenters. The van der Waals surface area contributed by atoms with Gasteiger partial charge in [-0.3, -0.25) is 9.78 Å². The average Bonchev–Trinajstić information content (AvgIpc) is 2.60. The molecule has 3 rings (SSSR count). The lowest BCUT2D eigenvalue weighted by atomic mass is 10.1. The van der Waals surface area contributed by atoms with Crippen molar-refractivity contribution in [3.8, 4) is 23.0 Å². The van der Waals surface area contributed by atoms with E-state index in [0.29, 0.717) is 34.1 Å². The number of fused-ring (bicyclic) bond motifs is 1. The number of carbonyl (C=O) groups excluding carboxylic acids is 1. The van der Waals surface area contributed by atoms with Gasteiger partial charge in [0.25, 0.3) is 0 Å². The Bertz CT molecular complexity index is 950. The van der Waals surface area contributed by atoms with Gasteiger partial charge in [-0.25, -0.2) is 0 Å². The van der Waals surface area contributed by atoms with Crippen LogP contribution in [0.3, 0.4) is 0 Å². The zero-order valence-corrected chi connectivity index (χ0v) is 14.6. The summed E-state index contributed by atoms with van der Waals surface area (Å²) in [5.41, 5.74) is 2.26. The van der Waals surface area contributed by atoms with Crippen molar-refractivity contribution in [3.05, 3.63) is 53.7 Å². The number of methoxy groups -OCH3 is 2. The van der Waals surface area contributed by atoms with Gasteiger partial charge >= 0.3 is 0 Å². The molecule has 0 radical (unpaired) electrons. The molecule has 0 saturated heterocycles. The monoisotopic (exact) mass is 337 g/mol. The largest absolute Gasteiger partial charge is 0.493 e. The van der Waals surface area contributed by atoms with Crippen LogP contribution in [0.1, 0.15) is 22.8 Å². The minimum absolute atomic E-state index is 0.0485. The molecule has 0 saturated carbocycles. The van der Waals surface area contributed by atoms with Gasteiger partial charge in [0.1, 0.15) is 11.5 Å². The first-order chi connectivity index (χ1) is 12.0. The number of pyridine rings is 1. The van der Waals surface area contributed by atoms with Crippen molar-refractivity contribution < 1.29 is 19.0 Å². The Kier molecular flexibility index (Phi) is 4.57. The van der Waals surface area contributed by atoms with E-state index in [9.17, 15) is 4.79 Å². The van der Waals surface area contributed by atoms with Gasteiger partial charge in [-0.15, -0.1) is 0 Å². The molecular weight excluding hydrogens is 318 g/mol. The lowest BCUT2D eigenvalue weighted by Crippen LogP contribution is -1.98. The number of nitrogens with zero attached hydrogens (tertiary/aromatic N) is 1. The van der Waals surface area contributed by atoms with Gasteiger partial charge in [-0.1, -0.05) is 6.07 Å². The number of ketones is 1. The molecule has 0 fully saturated rings. The molecule has 0 bridgehead atoms. The maximum Gasteiger partial charge on any atom is 0.163 e. The van der Waals surface area contributed by atoms with Crippen molar-refractivity contribution in [2.45, 2.75) is 13.8 Å². The third-order valence-electron chi connectivity index (χ3n) is 3.94. The van der Waals surface area contributed by atoms with Crippen LogP contribution >= 0.6 is 0 Å². The van der Waals surface area contributed by atoms with Crippen LogP contribution in [-0.4, -0.2) is 25.0 Å². The van der Waals surface area contributed by atoms with E-state index >= 15 is 0 Å². The molecule has 25 heavy (non-hydrogen) atoms. The molecule has 0 amide bonds. The SMILES string of the molecule is COc1cc2nccc(Oc3cc(C)ccc3C(C)=O)c2cc1OC. The molecule has 1 heterocycles. The van der Waals surface area contributed by atoms with Gasteiger partial charge in [0.2, 0.25) is 0 Å². The van der Waals surface area contributed by atoms with Crippen LogP contribution in [0.5, 0.6) is 23.0 Å². The first-order valence-electron chi connectivity index (χ1n) is 7.83. The summed E-state index contributed by atoms with van der Waals surface area (Å²) >= 11 is 0. The standard InChI is InChI=1S/C20H19NO4/c1-12-5-6-14(13(2)22)18(9-12)25-17-7-8-21-16-11-20(24-4)19(23-3)10-15(16)17/h5-11H,1-4H3. The Morgan fingerprint density at radius 3 is 2.32 bits per heavy atom. The normalized spacial score (nSPS) is 10.6. The predicted molar refractivity (Wildman–Crippen MR) is 96.1 cm³/mol. The summed E-state index contributed by atoms with van der Waals surface area (Å²) in [6, 6.07) is 10.9. The molecule has 3 aromatic rings. The summed E-state index contributed by atoms with van der Waals surface area (Å²) in [7, 11) is 3.16. The number of ether oxygens (including phenoxy) is 3. The molecule has 128 valence electrons. The van der Waals surface area contributed by atoms with Crippen molar-refractivity contribution in [2.75, 3.05) is 14.2 Å². The minimum atomic E-state index is -0.0485. The lowest BCUT2D eigenvalue weighted by molar-refractivity contribution is 0.101. The number of rotatable bonds is 5. The van der Waals surface area contributed by atoms with Gasteiger partial charge in [-0.05, 0) is 43.7 Å². The zero-order valence-electron chi connectivity index (χ0n) is 14.6. The van der Waals surface area contributed by atoms with Crippen LogP contribution in [0.2, 0.25) is 0 Å². The Balaban J connectivity index is 2.14. The lowest BCUT2D eigenvalue weighted by Gasteiger charge is -2.14. The summed E-state index contributed by atoms with van der Waals surface area (Å²) in [6.45, 7) is 3.48. The summed E-state index contributed by atoms with van der Waals surface area (Å²) in [4.78, 5) is 16.2. The van der Waals surface area contributed by atoms with E-state index in [1.165, 1.54) is 6.92 Å². The minimum Gasteiger partial charge on any atom is -0.493 e. The molecule has 0 N–H and O–H groups in total. The van der Waals surface area contributed by atoms with Crippen molar-refractivity contribution in [2.24, 2.45) is 0 Å². The molecule has 0 aliphatic heterocycles. The van der Waals surface area contributed by atoms with Crippen LogP contribution in [-0.2, 0) is 0 Å². The Hall–Kier alpha value is -3.08. The smallest absolute Gasteiger partial charge is 0.163 e. The highest BCUT2D eigenvalue weighted by atomic mass is 16.5. The third kappa shape index (κ3) is 3.26. The second kappa shape index (κ2) is 6.81. The second-order valence-corrected chi connectivity index (χ2v) is 5.69. The quantitative estimate of drug-likeness (QED) is 0.639. The van der Waals surface area contributed by atoms with Gasteiger partial charge in [0.15, 0.2) is 17.3 Å². The third-order valence-corrected chi connectivity index (χ3v) is 3.94. The average molecular weight is 337 g/mol. The highest BCUT2D eigenvalue weighted by Crippen LogP contribution is 2.37. The number of aromatic nitrogens is 1. The molecule has 0 atom stereocenters. The summed E-state index contributed by atoms with van der Waals surface area (Å²) in [5.74, 6) is 2.25. The Labute approximate surface area is 146 Å². The fourth-order valence-electron chi connectivity index (χ4n) is 2.66. The van der Waals surface area contributed by atoms with E-state index in [-0.39, 0.29) is 5.78 Å². The van der Waals surface area contributed by atoms with E-state index in [1.807, 2.05) is 25.1 Å². The fourth-order valence-corrected chi connectivity index (χ4v) is 2.66. The maximum absolute atomic E-state index is 11.9. The molecular formula is C20H19NO4.